The van der Waals surface area contributed by atoms with Crippen molar-refractivity contribution in [1.82, 2.24) is 5.32 Å². The van der Waals surface area contributed by atoms with E-state index in [9.17, 15) is 14.0 Å². The van der Waals surface area contributed by atoms with Crippen LogP contribution in [0.4, 0.5) is 4.39 Å². The number of ketones is 1. The van der Waals surface area contributed by atoms with Gasteiger partial charge in [0.05, 0.1) is 6.04 Å². The smallest absolute Gasteiger partial charge is 0.224 e. The van der Waals surface area contributed by atoms with E-state index in [2.05, 4.69) is 5.32 Å². The number of carbonyl (C=O) groups is 2. The van der Waals surface area contributed by atoms with Crippen molar-refractivity contribution in [2.45, 2.75) is 59.9 Å². The highest BCUT2D eigenvalue weighted by molar-refractivity contribution is 5.94. The lowest BCUT2D eigenvalue weighted by Crippen LogP contribution is -2.53. The molecule has 0 spiro atoms. The molecule has 1 aliphatic rings. The fourth-order valence-corrected chi connectivity index (χ4v) is 2.95. The molecule has 1 aliphatic carbocycles. The van der Waals surface area contributed by atoms with Crippen molar-refractivity contribution in [2.24, 2.45) is 16.7 Å². The van der Waals surface area contributed by atoms with Gasteiger partial charge in [0.2, 0.25) is 5.91 Å². The predicted molar refractivity (Wildman–Crippen MR) is 93.1 cm³/mol. The number of Topliss-reactive ketones (excluding diaryl/α,β-unsaturated/α-hetero) is 1. The molecule has 0 aliphatic heterocycles. The summed E-state index contributed by atoms with van der Waals surface area (Å²) in [7, 11) is 0. The number of hydrogen-bond acceptors (Lipinski definition) is 2. The van der Waals surface area contributed by atoms with Crippen molar-refractivity contribution in [1.29, 1.82) is 0 Å². The van der Waals surface area contributed by atoms with E-state index in [-0.39, 0.29) is 34.8 Å². The van der Waals surface area contributed by atoms with Gasteiger partial charge in [-0.3, -0.25) is 9.59 Å². The minimum Gasteiger partial charge on any atom is -0.345 e. The van der Waals surface area contributed by atoms with Gasteiger partial charge in [0.25, 0.3) is 0 Å². The molecule has 1 N–H and O–H groups in total. The van der Waals surface area contributed by atoms with Gasteiger partial charge in [0.15, 0.2) is 5.78 Å². The van der Waals surface area contributed by atoms with Gasteiger partial charge in [-0.2, -0.15) is 0 Å². The van der Waals surface area contributed by atoms with E-state index in [1.807, 2.05) is 47.6 Å². The Morgan fingerprint density at radius 1 is 1.17 bits per heavy atom. The Morgan fingerprint density at radius 3 is 2.29 bits per heavy atom. The topological polar surface area (TPSA) is 46.2 Å². The van der Waals surface area contributed by atoms with Crippen LogP contribution >= 0.6 is 0 Å². The fourth-order valence-electron chi connectivity index (χ4n) is 2.95. The predicted octanol–water partition coefficient (Wildman–Crippen LogP) is 4.08. The largest absolute Gasteiger partial charge is 0.345 e. The van der Waals surface area contributed by atoms with Gasteiger partial charge >= 0.3 is 0 Å². The Kier molecular flexibility index (Phi) is 4.89. The zero-order chi connectivity index (χ0) is 18.3. The lowest BCUT2D eigenvalue weighted by molar-refractivity contribution is -0.135. The highest BCUT2D eigenvalue weighted by Gasteiger charge is 2.47. The first-order chi connectivity index (χ1) is 10.9. The minimum atomic E-state index is -0.529. The molecule has 0 bridgehead atoms. The molecule has 0 radical (unpaired) electrons. The molecule has 3 nitrogen and oxygen atoms in total. The second-order valence-corrected chi connectivity index (χ2v) is 8.93. The first kappa shape index (κ1) is 18.6. The summed E-state index contributed by atoms with van der Waals surface area (Å²) in [4.78, 5) is 25.3. The van der Waals surface area contributed by atoms with Crippen LogP contribution in [-0.2, 0) is 9.59 Å². The molecule has 132 valence electrons. The van der Waals surface area contributed by atoms with Crippen molar-refractivity contribution < 1.29 is 14.0 Å². The molecule has 0 saturated heterocycles. The van der Waals surface area contributed by atoms with Crippen LogP contribution in [0.25, 0.3) is 0 Å². The molecule has 1 fully saturated rings. The molecule has 4 heteroatoms. The maximum atomic E-state index is 13.3. The lowest BCUT2D eigenvalue weighted by atomic mass is 9.75. The van der Waals surface area contributed by atoms with Crippen LogP contribution in [0, 0.1) is 22.6 Å². The second-order valence-electron chi connectivity index (χ2n) is 8.93. The van der Waals surface area contributed by atoms with Crippen LogP contribution in [0.2, 0.25) is 0 Å². The Hall–Kier alpha value is -1.71. The van der Waals surface area contributed by atoms with E-state index in [0.717, 1.165) is 5.56 Å². The summed E-state index contributed by atoms with van der Waals surface area (Å²) < 4.78 is 13.3. The Morgan fingerprint density at radius 2 is 1.79 bits per heavy atom. The van der Waals surface area contributed by atoms with Crippen LogP contribution in [-0.4, -0.2) is 17.7 Å². The summed E-state index contributed by atoms with van der Waals surface area (Å²) in [5.74, 6) is -0.488. The number of carbonyl (C=O) groups excluding carboxylic acids is 2. The van der Waals surface area contributed by atoms with Gasteiger partial charge in [0, 0.05) is 11.3 Å². The number of nitrogens with one attached hydrogen (secondary N) is 1. The van der Waals surface area contributed by atoms with Crippen LogP contribution in [0.1, 0.15) is 59.4 Å². The van der Waals surface area contributed by atoms with Crippen LogP contribution in [0.5, 0.6) is 0 Å². The SMILES string of the molecule is CC(C)(C)C(=O)[C@@H](NC(=O)[C@@H]1CC1c1cccc(F)c1)C(C)(C)C. The third-order valence-electron chi connectivity index (χ3n) is 4.56. The van der Waals surface area contributed by atoms with E-state index in [1.54, 1.807) is 6.07 Å². The Bertz CT molecular complexity index is 640. The maximum absolute atomic E-state index is 13.3. The van der Waals surface area contributed by atoms with E-state index in [1.165, 1.54) is 12.1 Å². The average molecular weight is 333 g/mol. The summed E-state index contributed by atoms with van der Waals surface area (Å²) in [6.07, 6.45) is 0.704. The summed E-state index contributed by atoms with van der Waals surface area (Å²) in [5, 5.41) is 2.96. The van der Waals surface area contributed by atoms with E-state index in [4.69, 9.17) is 0 Å². The zero-order valence-corrected chi connectivity index (χ0v) is 15.4. The third-order valence-corrected chi connectivity index (χ3v) is 4.56. The van der Waals surface area contributed by atoms with Crippen molar-refractivity contribution in [3.8, 4) is 0 Å². The highest BCUT2D eigenvalue weighted by atomic mass is 19.1. The van der Waals surface area contributed by atoms with E-state index < -0.39 is 11.5 Å². The Labute approximate surface area is 144 Å². The molecule has 24 heavy (non-hydrogen) atoms. The molecule has 0 aromatic heterocycles. The van der Waals surface area contributed by atoms with Crippen molar-refractivity contribution in [3.05, 3.63) is 35.6 Å². The second kappa shape index (κ2) is 6.30. The average Bonchev–Trinajstić information content (AvgIpc) is 3.22. The van der Waals surface area contributed by atoms with Crippen molar-refractivity contribution in [2.75, 3.05) is 0 Å². The summed E-state index contributed by atoms with van der Waals surface area (Å²) in [6, 6.07) is 5.87. The fraction of sp³-hybridized carbons (Fsp3) is 0.600. The standard InChI is InChI=1S/C20H28FNO2/c1-19(2,3)16(17(23)20(4,5)6)22-18(24)15-11-14(15)12-8-7-9-13(21)10-12/h7-10,14-16H,11H2,1-6H3,(H,22,24)/t14?,15-,16-/m1/s1. The first-order valence-corrected chi connectivity index (χ1v) is 8.51. The first-order valence-electron chi connectivity index (χ1n) is 8.51. The van der Waals surface area contributed by atoms with Crippen molar-refractivity contribution >= 4 is 11.7 Å². The molecule has 1 amide bonds. The van der Waals surface area contributed by atoms with E-state index in [0.29, 0.717) is 6.42 Å². The quantitative estimate of drug-likeness (QED) is 0.902. The number of amides is 1. The number of benzene rings is 1. The van der Waals surface area contributed by atoms with Crippen LogP contribution in [0.3, 0.4) is 0 Å². The minimum absolute atomic E-state index is 0.0336. The summed E-state index contributed by atoms with van der Waals surface area (Å²) in [6.45, 7) is 11.5. The summed E-state index contributed by atoms with van der Waals surface area (Å²) >= 11 is 0. The molecule has 3 atom stereocenters. The molecule has 2 rings (SSSR count). The summed E-state index contributed by atoms with van der Waals surface area (Å²) in [5.41, 5.74) is -0.0235. The number of hydrogen-bond donors (Lipinski definition) is 1. The van der Waals surface area contributed by atoms with Crippen LogP contribution < -0.4 is 5.32 Å². The lowest BCUT2D eigenvalue weighted by Gasteiger charge is -2.34. The Balaban J connectivity index is 2.09. The van der Waals surface area contributed by atoms with Gasteiger partial charge in [-0.25, -0.2) is 4.39 Å². The third kappa shape index (κ3) is 4.22. The normalized spacial score (nSPS) is 22.0. The van der Waals surface area contributed by atoms with Gasteiger partial charge in [0.1, 0.15) is 5.82 Å². The molecule has 1 aromatic carbocycles. The molecule has 1 unspecified atom stereocenters. The molecular weight excluding hydrogens is 305 g/mol. The van der Waals surface area contributed by atoms with Crippen LogP contribution in [0.15, 0.2) is 24.3 Å². The number of rotatable bonds is 4. The van der Waals surface area contributed by atoms with Crippen molar-refractivity contribution in [3.63, 3.8) is 0 Å². The monoisotopic (exact) mass is 333 g/mol. The van der Waals surface area contributed by atoms with Gasteiger partial charge < -0.3 is 5.32 Å². The van der Waals surface area contributed by atoms with Gasteiger partial charge in [-0.15, -0.1) is 0 Å². The highest BCUT2D eigenvalue weighted by Crippen LogP contribution is 2.48. The molecule has 0 heterocycles. The molecular formula is C20H28FNO2. The number of halogens is 1. The molecule has 1 aromatic rings. The van der Waals surface area contributed by atoms with Gasteiger partial charge in [-0.1, -0.05) is 53.7 Å². The molecule has 1 saturated carbocycles. The maximum Gasteiger partial charge on any atom is 0.224 e. The van der Waals surface area contributed by atoms with Gasteiger partial charge in [-0.05, 0) is 35.4 Å². The zero-order valence-electron chi connectivity index (χ0n) is 15.4. The van der Waals surface area contributed by atoms with E-state index >= 15 is 0 Å².